The fourth-order valence-electron chi connectivity index (χ4n) is 3.44. The van der Waals surface area contributed by atoms with E-state index in [2.05, 4.69) is 42.7 Å². The number of nitrogens with two attached hydrogens (primary N) is 1. The molecule has 4 rings (SSSR count). The molecule has 0 unspecified atom stereocenters. The van der Waals surface area contributed by atoms with Crippen molar-refractivity contribution in [3.63, 3.8) is 0 Å². The van der Waals surface area contributed by atoms with E-state index in [0.717, 1.165) is 44.7 Å². The van der Waals surface area contributed by atoms with Crippen molar-refractivity contribution < 1.29 is 14.4 Å². The van der Waals surface area contributed by atoms with Gasteiger partial charge < -0.3 is 31.2 Å². The van der Waals surface area contributed by atoms with E-state index in [1.807, 2.05) is 42.9 Å². The summed E-state index contributed by atoms with van der Waals surface area (Å²) in [5.74, 6) is -0.0747. The van der Waals surface area contributed by atoms with Gasteiger partial charge in [-0.05, 0) is 23.3 Å². The van der Waals surface area contributed by atoms with Gasteiger partial charge in [-0.1, -0.05) is 18.2 Å². The summed E-state index contributed by atoms with van der Waals surface area (Å²) < 4.78 is 1.98. The molecule has 0 bridgehead atoms. The second-order valence-electron chi connectivity index (χ2n) is 7.71. The number of aromatic amines is 1. The van der Waals surface area contributed by atoms with E-state index < -0.39 is 0 Å². The van der Waals surface area contributed by atoms with Crippen LogP contribution < -0.4 is 21.7 Å². The number of benzene rings is 1. The van der Waals surface area contributed by atoms with Gasteiger partial charge in [0.1, 0.15) is 11.2 Å². The molecule has 178 valence electrons. The number of nitrogens with one attached hydrogen (secondary N) is 4. The van der Waals surface area contributed by atoms with Gasteiger partial charge in [-0.15, -0.1) is 0 Å². The van der Waals surface area contributed by atoms with Gasteiger partial charge in [0.25, 0.3) is 0 Å². The van der Waals surface area contributed by atoms with Crippen LogP contribution in [0.3, 0.4) is 0 Å². The molecular weight excluding hydrogens is 436 g/mol. The first-order valence-corrected chi connectivity index (χ1v) is 10.6. The van der Waals surface area contributed by atoms with Crippen molar-refractivity contribution in [2.24, 2.45) is 12.8 Å². The number of H-pyrrole nitrogens is 1. The highest BCUT2D eigenvalue weighted by Gasteiger charge is 2.15. The third-order valence-corrected chi connectivity index (χ3v) is 4.90. The van der Waals surface area contributed by atoms with Crippen molar-refractivity contribution in [3.05, 3.63) is 42.2 Å². The third-order valence-electron chi connectivity index (χ3n) is 4.90. The highest BCUT2D eigenvalue weighted by Crippen LogP contribution is 2.31. The summed E-state index contributed by atoms with van der Waals surface area (Å²) in [7, 11) is 3.79. The van der Waals surface area contributed by atoms with Crippen molar-refractivity contribution in [1.29, 1.82) is 0 Å². The number of carbonyl (C=O) groups excluding carboxylic acids is 3. The van der Waals surface area contributed by atoms with Crippen molar-refractivity contribution in [2.75, 3.05) is 18.9 Å². The zero-order valence-electron chi connectivity index (χ0n) is 19.5. The number of carbonyl (C=O) groups is 3. The summed E-state index contributed by atoms with van der Waals surface area (Å²) in [4.78, 5) is 44.5. The molecule has 11 heteroatoms. The standard InChI is InChI=1S/C21H23N7O2.C2H5NO/c1-12(29)23-10-17(30)24-9-13-5-4-6-14(7-13)16-8-15-19-18(25-11-28(19)3)21(22-2)27-20(15)26-16;1-2(3)4/h4-8,11H,9-10H2,1-3H3,(H,23,29)(H,24,30)(H2,22,26,27);1H3,(H2,3,4). The Kier molecular flexibility index (Phi) is 7.46. The van der Waals surface area contributed by atoms with Crippen LogP contribution in [-0.4, -0.2) is 50.8 Å². The van der Waals surface area contributed by atoms with E-state index in [1.165, 1.54) is 13.8 Å². The van der Waals surface area contributed by atoms with Crippen LogP contribution in [0.15, 0.2) is 36.7 Å². The smallest absolute Gasteiger partial charge is 0.239 e. The van der Waals surface area contributed by atoms with E-state index in [1.54, 1.807) is 6.33 Å². The predicted molar refractivity (Wildman–Crippen MR) is 131 cm³/mol. The molecule has 4 aromatic rings. The Bertz CT molecular complexity index is 1350. The van der Waals surface area contributed by atoms with E-state index in [0.29, 0.717) is 6.54 Å². The molecule has 3 amide bonds. The normalized spacial score (nSPS) is 10.5. The second kappa shape index (κ2) is 10.5. The number of anilines is 1. The molecule has 0 aliphatic rings. The molecule has 0 aliphatic carbocycles. The van der Waals surface area contributed by atoms with Crippen LogP contribution in [-0.2, 0) is 28.0 Å². The number of aryl methyl sites for hydroxylation is 1. The van der Waals surface area contributed by atoms with Crippen molar-refractivity contribution >= 4 is 45.6 Å². The lowest BCUT2D eigenvalue weighted by molar-refractivity contribution is -0.125. The van der Waals surface area contributed by atoms with Gasteiger partial charge in [-0.3, -0.25) is 14.4 Å². The van der Waals surface area contributed by atoms with Crippen LogP contribution in [0.1, 0.15) is 19.4 Å². The maximum atomic E-state index is 11.8. The summed E-state index contributed by atoms with van der Waals surface area (Å²) in [6.07, 6.45) is 1.78. The molecule has 1 aromatic carbocycles. The minimum Gasteiger partial charge on any atom is -0.371 e. The molecule has 6 N–H and O–H groups in total. The van der Waals surface area contributed by atoms with Gasteiger partial charge in [0.15, 0.2) is 5.82 Å². The number of nitrogens with zero attached hydrogens (tertiary/aromatic N) is 3. The summed E-state index contributed by atoms with van der Waals surface area (Å²) in [5, 5.41) is 9.39. The number of pyridine rings is 1. The number of fused-ring (bicyclic) bond motifs is 3. The quantitative estimate of drug-likeness (QED) is 0.290. The second-order valence-corrected chi connectivity index (χ2v) is 7.71. The Morgan fingerprint density at radius 2 is 1.88 bits per heavy atom. The summed E-state index contributed by atoms with van der Waals surface area (Å²) in [5.41, 5.74) is 9.96. The van der Waals surface area contributed by atoms with Crippen molar-refractivity contribution in [1.82, 2.24) is 30.2 Å². The minimum atomic E-state index is -0.333. The largest absolute Gasteiger partial charge is 0.371 e. The number of rotatable bonds is 6. The minimum absolute atomic E-state index is 0.0305. The van der Waals surface area contributed by atoms with Gasteiger partial charge in [0.05, 0.1) is 18.4 Å². The Hall–Kier alpha value is -4.41. The van der Waals surface area contributed by atoms with Gasteiger partial charge in [0.2, 0.25) is 17.7 Å². The van der Waals surface area contributed by atoms with Crippen LogP contribution in [0.25, 0.3) is 33.3 Å². The van der Waals surface area contributed by atoms with Crippen LogP contribution >= 0.6 is 0 Å². The molecule has 0 saturated heterocycles. The SMILES string of the molecule is CC(N)=O.CNc1nc2[nH]c(-c3cccc(CNC(=O)CNC(C)=O)c3)cc2c2c1ncn2C. The molecule has 0 radical (unpaired) electrons. The molecule has 0 aliphatic heterocycles. The topological polar surface area (TPSA) is 160 Å². The first-order valence-electron chi connectivity index (χ1n) is 10.6. The van der Waals surface area contributed by atoms with Gasteiger partial charge in [-0.2, -0.15) is 0 Å². The van der Waals surface area contributed by atoms with Crippen LogP contribution in [0.2, 0.25) is 0 Å². The zero-order chi connectivity index (χ0) is 24.8. The Morgan fingerprint density at radius 3 is 2.56 bits per heavy atom. The zero-order valence-corrected chi connectivity index (χ0v) is 19.5. The number of primary amides is 1. The molecule has 0 spiro atoms. The molecule has 11 nitrogen and oxygen atoms in total. The van der Waals surface area contributed by atoms with Gasteiger partial charge >= 0.3 is 0 Å². The molecule has 0 atom stereocenters. The van der Waals surface area contributed by atoms with E-state index in [9.17, 15) is 14.4 Å². The fourth-order valence-corrected chi connectivity index (χ4v) is 3.44. The van der Waals surface area contributed by atoms with Gasteiger partial charge in [-0.25, -0.2) is 9.97 Å². The monoisotopic (exact) mass is 464 g/mol. The number of hydrogen-bond donors (Lipinski definition) is 5. The van der Waals surface area contributed by atoms with E-state index >= 15 is 0 Å². The molecular formula is C23H28N8O3. The fraction of sp³-hybridized carbons (Fsp3) is 0.261. The average molecular weight is 465 g/mol. The lowest BCUT2D eigenvalue weighted by Crippen LogP contribution is -2.35. The molecule has 0 fully saturated rings. The summed E-state index contributed by atoms with van der Waals surface area (Å²) >= 11 is 0. The van der Waals surface area contributed by atoms with Crippen LogP contribution in [0, 0.1) is 0 Å². The Labute approximate surface area is 196 Å². The summed E-state index contributed by atoms with van der Waals surface area (Å²) in [6, 6.07) is 9.99. The first-order chi connectivity index (χ1) is 16.2. The van der Waals surface area contributed by atoms with E-state index in [-0.39, 0.29) is 24.3 Å². The number of imidazole rings is 1. The maximum Gasteiger partial charge on any atom is 0.239 e. The Balaban J connectivity index is 0.000000751. The first kappa shape index (κ1) is 24.2. The molecule has 3 heterocycles. The Morgan fingerprint density at radius 1 is 1.15 bits per heavy atom. The molecule has 0 saturated carbocycles. The molecule has 34 heavy (non-hydrogen) atoms. The third kappa shape index (κ3) is 5.68. The highest BCUT2D eigenvalue weighted by atomic mass is 16.2. The lowest BCUT2D eigenvalue weighted by Gasteiger charge is -2.07. The number of amides is 3. The van der Waals surface area contributed by atoms with E-state index in [4.69, 9.17) is 0 Å². The predicted octanol–water partition coefficient (Wildman–Crippen LogP) is 1.40. The van der Waals surface area contributed by atoms with Crippen molar-refractivity contribution in [3.8, 4) is 11.3 Å². The van der Waals surface area contributed by atoms with Crippen LogP contribution in [0.4, 0.5) is 5.82 Å². The maximum absolute atomic E-state index is 11.8. The van der Waals surface area contributed by atoms with Crippen LogP contribution in [0.5, 0.6) is 0 Å². The summed E-state index contributed by atoms with van der Waals surface area (Å²) in [6.45, 7) is 3.03. The average Bonchev–Trinajstić information content (AvgIpc) is 3.39. The van der Waals surface area contributed by atoms with Gasteiger partial charge in [0, 0.05) is 45.6 Å². The number of aromatic nitrogens is 4. The lowest BCUT2D eigenvalue weighted by atomic mass is 10.1. The number of hydrogen-bond acceptors (Lipinski definition) is 6. The molecule has 3 aromatic heterocycles. The highest BCUT2D eigenvalue weighted by molar-refractivity contribution is 6.07. The van der Waals surface area contributed by atoms with Crippen molar-refractivity contribution in [2.45, 2.75) is 20.4 Å².